The van der Waals surface area contributed by atoms with Gasteiger partial charge in [-0.1, -0.05) is 11.6 Å². The van der Waals surface area contributed by atoms with Crippen LogP contribution in [0.3, 0.4) is 0 Å². The molecule has 0 spiro atoms. The molecule has 2 rings (SSSR count). The van der Waals surface area contributed by atoms with Crippen molar-refractivity contribution in [1.82, 2.24) is 9.97 Å². The molecule has 8 heteroatoms. The first kappa shape index (κ1) is 13.6. The third-order valence-corrected chi connectivity index (χ3v) is 4.03. The molecule has 19 heavy (non-hydrogen) atoms. The van der Waals surface area contributed by atoms with Crippen LogP contribution in [-0.4, -0.2) is 25.5 Å². The summed E-state index contributed by atoms with van der Waals surface area (Å²) in [5, 5.41) is -0.0992. The normalized spacial score (nSPS) is 11.1. The summed E-state index contributed by atoms with van der Waals surface area (Å²) in [6.45, 7) is 0. The SMILES string of the molecule is COc1ncccc1NS(=O)(=O)c1cccnc1Cl. The molecular weight excluding hydrogens is 290 g/mol. The molecule has 2 heterocycles. The fourth-order valence-corrected chi connectivity index (χ4v) is 2.91. The Morgan fingerprint density at radius 2 is 1.89 bits per heavy atom. The van der Waals surface area contributed by atoms with Crippen LogP contribution in [0.1, 0.15) is 0 Å². The van der Waals surface area contributed by atoms with Gasteiger partial charge in [-0.15, -0.1) is 0 Å². The lowest BCUT2D eigenvalue weighted by Crippen LogP contribution is -2.14. The van der Waals surface area contributed by atoms with Crippen molar-refractivity contribution in [2.24, 2.45) is 0 Å². The zero-order valence-corrected chi connectivity index (χ0v) is 11.4. The molecule has 100 valence electrons. The first-order valence-corrected chi connectivity index (χ1v) is 7.03. The number of hydrogen-bond donors (Lipinski definition) is 1. The maximum absolute atomic E-state index is 12.2. The molecule has 0 atom stereocenters. The van der Waals surface area contributed by atoms with Gasteiger partial charge in [-0.05, 0) is 24.3 Å². The van der Waals surface area contributed by atoms with E-state index < -0.39 is 10.0 Å². The Morgan fingerprint density at radius 3 is 2.58 bits per heavy atom. The average molecular weight is 300 g/mol. The quantitative estimate of drug-likeness (QED) is 0.873. The first-order valence-electron chi connectivity index (χ1n) is 5.17. The number of nitrogens with zero attached hydrogens (tertiary/aromatic N) is 2. The molecule has 0 bridgehead atoms. The fraction of sp³-hybridized carbons (Fsp3) is 0.0909. The predicted octanol–water partition coefficient (Wildman–Crippen LogP) is 1.94. The van der Waals surface area contributed by atoms with Crippen LogP contribution in [0.25, 0.3) is 0 Å². The van der Waals surface area contributed by atoms with Crippen molar-refractivity contribution in [3.63, 3.8) is 0 Å². The van der Waals surface area contributed by atoms with E-state index in [1.165, 1.54) is 37.7 Å². The van der Waals surface area contributed by atoms with Gasteiger partial charge in [0.2, 0.25) is 5.88 Å². The van der Waals surface area contributed by atoms with Gasteiger partial charge in [-0.25, -0.2) is 18.4 Å². The summed E-state index contributed by atoms with van der Waals surface area (Å²) < 4.78 is 31.7. The van der Waals surface area contributed by atoms with Gasteiger partial charge >= 0.3 is 0 Å². The maximum Gasteiger partial charge on any atom is 0.265 e. The largest absolute Gasteiger partial charge is 0.480 e. The lowest BCUT2D eigenvalue weighted by atomic mass is 10.4. The Morgan fingerprint density at radius 1 is 1.21 bits per heavy atom. The molecule has 0 aromatic carbocycles. The molecule has 0 aliphatic rings. The van der Waals surface area contributed by atoms with E-state index in [9.17, 15) is 8.42 Å². The van der Waals surface area contributed by atoms with E-state index in [-0.39, 0.29) is 21.6 Å². The van der Waals surface area contributed by atoms with E-state index in [0.29, 0.717) is 0 Å². The molecule has 2 aromatic rings. The number of ether oxygens (including phenoxy) is 1. The lowest BCUT2D eigenvalue weighted by molar-refractivity contribution is 0.400. The second-order valence-electron chi connectivity index (χ2n) is 3.46. The van der Waals surface area contributed by atoms with Gasteiger partial charge in [0.1, 0.15) is 15.7 Å². The minimum Gasteiger partial charge on any atom is -0.480 e. The van der Waals surface area contributed by atoms with Crippen LogP contribution in [0.2, 0.25) is 5.15 Å². The molecule has 0 saturated heterocycles. The van der Waals surface area contributed by atoms with Crippen LogP contribution < -0.4 is 9.46 Å². The van der Waals surface area contributed by atoms with Crippen molar-refractivity contribution in [3.8, 4) is 5.88 Å². The minimum absolute atomic E-state index is 0.0992. The summed E-state index contributed by atoms with van der Waals surface area (Å²) in [7, 11) is -2.44. The highest BCUT2D eigenvalue weighted by atomic mass is 35.5. The number of pyridine rings is 2. The van der Waals surface area contributed by atoms with Crippen LogP contribution in [0.15, 0.2) is 41.6 Å². The molecule has 0 radical (unpaired) electrons. The molecule has 0 aliphatic heterocycles. The van der Waals surface area contributed by atoms with E-state index in [1.54, 1.807) is 6.07 Å². The molecule has 0 unspecified atom stereocenters. The summed E-state index contributed by atoms with van der Waals surface area (Å²) in [4.78, 5) is 7.52. The Kier molecular flexibility index (Phi) is 3.87. The van der Waals surface area contributed by atoms with Crippen LogP contribution in [0.5, 0.6) is 5.88 Å². The molecule has 2 aromatic heterocycles. The molecule has 0 saturated carbocycles. The zero-order valence-electron chi connectivity index (χ0n) is 9.87. The van der Waals surface area contributed by atoms with Crippen molar-refractivity contribution in [3.05, 3.63) is 41.8 Å². The molecule has 1 N–H and O–H groups in total. The molecule has 6 nitrogen and oxygen atoms in total. The number of sulfonamides is 1. The molecule has 0 aliphatic carbocycles. The van der Waals surface area contributed by atoms with Crippen LogP contribution >= 0.6 is 11.6 Å². The Bertz CT molecular complexity index is 691. The number of nitrogens with one attached hydrogen (secondary N) is 1. The van der Waals surface area contributed by atoms with Crippen molar-refractivity contribution in [2.45, 2.75) is 4.90 Å². The minimum atomic E-state index is -3.84. The first-order chi connectivity index (χ1) is 9.04. The highest BCUT2D eigenvalue weighted by Crippen LogP contribution is 2.25. The van der Waals surface area contributed by atoms with Crippen LogP contribution in [-0.2, 0) is 10.0 Å². The third kappa shape index (κ3) is 2.94. The lowest BCUT2D eigenvalue weighted by Gasteiger charge is -2.10. The molecule has 0 fully saturated rings. The van der Waals surface area contributed by atoms with Crippen molar-refractivity contribution in [1.29, 1.82) is 0 Å². The van der Waals surface area contributed by atoms with Gasteiger partial charge in [0.25, 0.3) is 10.0 Å². The average Bonchev–Trinajstić information content (AvgIpc) is 2.39. The number of hydrogen-bond acceptors (Lipinski definition) is 5. The molecular formula is C11H10ClN3O3S. The van der Waals surface area contributed by atoms with Gasteiger partial charge in [0, 0.05) is 12.4 Å². The van der Waals surface area contributed by atoms with Crippen LogP contribution in [0.4, 0.5) is 5.69 Å². The van der Waals surface area contributed by atoms with Gasteiger partial charge in [-0.3, -0.25) is 4.72 Å². The number of halogens is 1. The third-order valence-electron chi connectivity index (χ3n) is 2.22. The smallest absolute Gasteiger partial charge is 0.265 e. The Labute approximate surface area is 115 Å². The summed E-state index contributed by atoms with van der Waals surface area (Å²) in [5.41, 5.74) is 0.227. The second kappa shape index (κ2) is 5.41. The Hall–Kier alpha value is -1.86. The van der Waals surface area contributed by atoms with Crippen molar-refractivity contribution >= 4 is 27.3 Å². The number of rotatable bonds is 4. The van der Waals surface area contributed by atoms with Gasteiger partial charge in [0.15, 0.2) is 0 Å². The summed E-state index contributed by atoms with van der Waals surface area (Å²) in [5.74, 6) is 0.172. The van der Waals surface area contributed by atoms with E-state index in [4.69, 9.17) is 16.3 Å². The number of anilines is 1. The fourth-order valence-electron chi connectivity index (χ4n) is 1.40. The van der Waals surface area contributed by atoms with Crippen molar-refractivity contribution < 1.29 is 13.2 Å². The van der Waals surface area contributed by atoms with Crippen molar-refractivity contribution in [2.75, 3.05) is 11.8 Å². The zero-order chi connectivity index (χ0) is 13.9. The monoisotopic (exact) mass is 299 g/mol. The number of aromatic nitrogens is 2. The highest BCUT2D eigenvalue weighted by Gasteiger charge is 2.20. The van der Waals surface area contributed by atoms with Gasteiger partial charge < -0.3 is 4.74 Å². The van der Waals surface area contributed by atoms with E-state index in [1.807, 2.05) is 0 Å². The highest BCUT2D eigenvalue weighted by molar-refractivity contribution is 7.92. The van der Waals surface area contributed by atoms with Crippen LogP contribution in [0, 0.1) is 0 Å². The summed E-state index contributed by atoms with van der Waals surface area (Å²) in [6.07, 6.45) is 2.90. The Balaban J connectivity index is 2.40. The van der Waals surface area contributed by atoms with E-state index in [0.717, 1.165) is 0 Å². The topological polar surface area (TPSA) is 81.2 Å². The number of methoxy groups -OCH3 is 1. The van der Waals surface area contributed by atoms with Gasteiger partial charge in [-0.2, -0.15) is 0 Å². The van der Waals surface area contributed by atoms with E-state index in [2.05, 4.69) is 14.7 Å². The standard InChI is InChI=1S/C11H10ClN3O3S/c1-18-11-8(4-2-7-14-11)15-19(16,17)9-5-3-6-13-10(9)12/h2-7,15H,1H3. The maximum atomic E-state index is 12.2. The van der Waals surface area contributed by atoms with E-state index >= 15 is 0 Å². The summed E-state index contributed by atoms with van der Waals surface area (Å²) in [6, 6.07) is 5.97. The summed E-state index contributed by atoms with van der Waals surface area (Å²) >= 11 is 5.77. The van der Waals surface area contributed by atoms with Gasteiger partial charge in [0.05, 0.1) is 7.11 Å². The molecule has 0 amide bonds. The predicted molar refractivity (Wildman–Crippen MR) is 70.8 cm³/mol. The second-order valence-corrected chi connectivity index (χ2v) is 5.47.